The summed E-state index contributed by atoms with van der Waals surface area (Å²) in [6.45, 7) is 4.50. The number of hydrogen-bond donors (Lipinski definition) is 1. The molecular weight excluding hydrogens is 258 g/mol. The molecule has 2 aromatic rings. The molecule has 18 heavy (non-hydrogen) atoms. The van der Waals surface area contributed by atoms with Crippen LogP contribution < -0.4 is 0 Å². The third-order valence-corrected chi connectivity index (χ3v) is 4.23. The first-order valence-electron chi connectivity index (χ1n) is 6.38. The van der Waals surface area contributed by atoms with Crippen molar-refractivity contribution in [1.82, 2.24) is 4.98 Å². The van der Waals surface area contributed by atoms with E-state index in [2.05, 4.69) is 48.5 Å². The minimum atomic E-state index is 0.734. The van der Waals surface area contributed by atoms with Gasteiger partial charge in [-0.15, -0.1) is 11.3 Å². The van der Waals surface area contributed by atoms with Gasteiger partial charge in [0.25, 0.3) is 0 Å². The molecule has 0 unspecified atom stereocenters. The number of pyridine rings is 1. The van der Waals surface area contributed by atoms with Gasteiger partial charge in [-0.25, -0.2) is 0 Å². The van der Waals surface area contributed by atoms with Gasteiger partial charge in [0, 0.05) is 17.0 Å². The highest BCUT2D eigenvalue weighted by atomic mass is 32.1. The van der Waals surface area contributed by atoms with Crippen LogP contribution in [0.2, 0.25) is 0 Å². The van der Waals surface area contributed by atoms with Crippen LogP contribution in [0, 0.1) is 10.6 Å². The molecule has 1 N–H and O–H groups in total. The molecule has 3 heteroatoms. The van der Waals surface area contributed by atoms with Crippen LogP contribution in [0.4, 0.5) is 0 Å². The lowest BCUT2D eigenvalue weighted by Gasteiger charge is -2.07. The summed E-state index contributed by atoms with van der Waals surface area (Å²) in [6, 6.07) is 8.60. The Morgan fingerprint density at radius 1 is 1.28 bits per heavy atom. The fourth-order valence-electron chi connectivity index (χ4n) is 1.87. The molecule has 2 heterocycles. The van der Waals surface area contributed by atoms with E-state index in [-0.39, 0.29) is 0 Å². The molecule has 0 bridgehead atoms. The van der Waals surface area contributed by atoms with E-state index in [1.807, 2.05) is 0 Å². The van der Waals surface area contributed by atoms with E-state index in [1.54, 1.807) is 11.3 Å². The number of rotatable bonds is 5. The monoisotopic (exact) mass is 277 g/mol. The van der Waals surface area contributed by atoms with E-state index in [9.17, 15) is 0 Å². The molecule has 0 fully saturated rings. The molecule has 96 valence electrons. The Bertz CT molecular complexity index is 538. The van der Waals surface area contributed by atoms with Gasteiger partial charge < -0.3 is 4.98 Å². The normalized spacial score (nSPS) is 11.1. The number of hydrogen-bond acceptors (Lipinski definition) is 2. The average molecular weight is 277 g/mol. The zero-order valence-electron chi connectivity index (χ0n) is 10.9. The lowest BCUT2D eigenvalue weighted by molar-refractivity contribution is 0.581. The highest BCUT2D eigenvalue weighted by Crippen LogP contribution is 2.16. The van der Waals surface area contributed by atoms with E-state index in [0.717, 1.165) is 23.4 Å². The number of thiophene rings is 1. The van der Waals surface area contributed by atoms with Gasteiger partial charge in [0.2, 0.25) is 0 Å². The van der Waals surface area contributed by atoms with E-state index >= 15 is 0 Å². The third-order valence-electron chi connectivity index (χ3n) is 2.99. The summed E-state index contributed by atoms with van der Waals surface area (Å²) in [6.07, 6.45) is 3.23. The van der Waals surface area contributed by atoms with E-state index in [4.69, 9.17) is 12.2 Å². The van der Waals surface area contributed by atoms with Gasteiger partial charge in [0.05, 0.1) is 0 Å². The summed E-state index contributed by atoms with van der Waals surface area (Å²) < 4.78 is 0.893. The predicted molar refractivity (Wildman–Crippen MR) is 81.9 cm³/mol. The summed E-state index contributed by atoms with van der Waals surface area (Å²) in [5.74, 6) is 0.734. The minimum absolute atomic E-state index is 0.734. The van der Waals surface area contributed by atoms with E-state index in [1.165, 1.54) is 22.6 Å². The molecule has 0 atom stereocenters. The van der Waals surface area contributed by atoms with Gasteiger partial charge >= 0.3 is 0 Å². The molecular formula is C15H19NS2. The summed E-state index contributed by atoms with van der Waals surface area (Å²) in [7, 11) is 0. The third kappa shape index (κ3) is 3.79. The zero-order valence-corrected chi connectivity index (χ0v) is 12.5. The van der Waals surface area contributed by atoms with E-state index in [0.29, 0.717) is 0 Å². The molecule has 2 rings (SSSR count). The molecule has 0 saturated carbocycles. The van der Waals surface area contributed by atoms with Crippen molar-refractivity contribution in [3.05, 3.63) is 50.4 Å². The standard InChI is InChI=1S/C15H19NS2/c1-11(2)5-7-13-8-6-12(15(17)16-13)10-14-4-3-9-18-14/h3-4,6,8-9,11H,5,7,10H2,1-2H3,(H,16,17). The maximum absolute atomic E-state index is 5.44. The molecule has 0 amide bonds. The van der Waals surface area contributed by atoms with Gasteiger partial charge in [-0.1, -0.05) is 38.2 Å². The first kappa shape index (κ1) is 13.5. The molecule has 0 saturated heterocycles. The Morgan fingerprint density at radius 2 is 2.11 bits per heavy atom. The van der Waals surface area contributed by atoms with Crippen molar-refractivity contribution in [2.45, 2.75) is 33.1 Å². The van der Waals surface area contributed by atoms with Gasteiger partial charge in [-0.3, -0.25) is 0 Å². The quantitative estimate of drug-likeness (QED) is 0.762. The second-order valence-corrected chi connectivity index (χ2v) is 6.47. The minimum Gasteiger partial charge on any atom is -0.350 e. The Labute approximate surface area is 118 Å². The first-order valence-corrected chi connectivity index (χ1v) is 7.67. The van der Waals surface area contributed by atoms with Crippen molar-refractivity contribution < 1.29 is 0 Å². The topological polar surface area (TPSA) is 15.8 Å². The highest BCUT2D eigenvalue weighted by molar-refractivity contribution is 7.71. The lowest BCUT2D eigenvalue weighted by atomic mass is 10.1. The largest absolute Gasteiger partial charge is 0.350 e. The summed E-state index contributed by atoms with van der Waals surface area (Å²) in [5, 5.41) is 2.11. The van der Waals surface area contributed by atoms with Crippen molar-refractivity contribution in [3.8, 4) is 0 Å². The summed E-state index contributed by atoms with van der Waals surface area (Å²) in [5.41, 5.74) is 2.48. The van der Waals surface area contributed by atoms with Crippen LogP contribution in [-0.2, 0) is 12.8 Å². The Kier molecular flexibility index (Phi) is 4.72. The second-order valence-electron chi connectivity index (χ2n) is 5.03. The van der Waals surface area contributed by atoms with Crippen molar-refractivity contribution in [2.24, 2.45) is 5.92 Å². The maximum Gasteiger partial charge on any atom is 0.107 e. The Balaban J connectivity index is 2.08. The van der Waals surface area contributed by atoms with Crippen LogP contribution in [0.5, 0.6) is 0 Å². The van der Waals surface area contributed by atoms with Crippen LogP contribution in [-0.4, -0.2) is 4.98 Å². The molecule has 0 radical (unpaired) electrons. The molecule has 0 aromatic carbocycles. The van der Waals surface area contributed by atoms with Crippen molar-refractivity contribution in [3.63, 3.8) is 0 Å². The van der Waals surface area contributed by atoms with Gasteiger partial charge in [-0.2, -0.15) is 0 Å². The van der Waals surface area contributed by atoms with Crippen LogP contribution in [0.3, 0.4) is 0 Å². The SMILES string of the molecule is CC(C)CCc1ccc(Cc2cccs2)c(=S)[nH]1. The number of aromatic amines is 1. The number of aromatic nitrogens is 1. The van der Waals surface area contributed by atoms with Gasteiger partial charge in [-0.05, 0) is 41.8 Å². The Hall–Kier alpha value is -0.930. The number of nitrogens with one attached hydrogen (secondary N) is 1. The lowest BCUT2D eigenvalue weighted by Crippen LogP contribution is -1.97. The average Bonchev–Trinajstić information content (AvgIpc) is 2.82. The maximum atomic E-state index is 5.44. The van der Waals surface area contributed by atoms with Crippen molar-refractivity contribution in [2.75, 3.05) is 0 Å². The highest BCUT2D eigenvalue weighted by Gasteiger charge is 2.02. The molecule has 0 aliphatic heterocycles. The van der Waals surface area contributed by atoms with Crippen LogP contribution in [0.25, 0.3) is 0 Å². The number of H-pyrrole nitrogens is 1. The van der Waals surface area contributed by atoms with Gasteiger partial charge in [0.15, 0.2) is 0 Å². The number of aryl methyl sites for hydroxylation is 1. The molecule has 1 nitrogen and oxygen atoms in total. The Morgan fingerprint density at radius 3 is 2.72 bits per heavy atom. The molecule has 0 aliphatic rings. The smallest absolute Gasteiger partial charge is 0.107 e. The summed E-state index contributed by atoms with van der Waals surface area (Å²) in [4.78, 5) is 4.73. The molecule has 0 spiro atoms. The summed E-state index contributed by atoms with van der Waals surface area (Å²) >= 11 is 7.23. The fraction of sp³-hybridized carbons (Fsp3) is 0.400. The van der Waals surface area contributed by atoms with E-state index < -0.39 is 0 Å². The van der Waals surface area contributed by atoms with Crippen LogP contribution in [0.1, 0.15) is 36.4 Å². The van der Waals surface area contributed by atoms with Crippen LogP contribution >= 0.6 is 23.6 Å². The fourth-order valence-corrected chi connectivity index (χ4v) is 2.87. The molecule has 2 aromatic heterocycles. The van der Waals surface area contributed by atoms with Gasteiger partial charge in [0.1, 0.15) is 4.64 Å². The van der Waals surface area contributed by atoms with Crippen molar-refractivity contribution in [1.29, 1.82) is 0 Å². The first-order chi connectivity index (χ1) is 8.65. The predicted octanol–water partition coefficient (Wildman–Crippen LogP) is 4.99. The zero-order chi connectivity index (χ0) is 13.0. The second kappa shape index (κ2) is 6.30. The van der Waals surface area contributed by atoms with Crippen LogP contribution in [0.15, 0.2) is 29.6 Å². The molecule has 0 aliphatic carbocycles. The van der Waals surface area contributed by atoms with Crippen molar-refractivity contribution >= 4 is 23.6 Å².